The average molecular weight is 371 g/mol. The van der Waals surface area contributed by atoms with Crippen molar-refractivity contribution in [3.63, 3.8) is 0 Å². The van der Waals surface area contributed by atoms with Crippen LogP contribution in [-0.4, -0.2) is 27.1 Å². The first-order valence-electron chi connectivity index (χ1n) is 10.3. The highest BCUT2D eigenvalue weighted by molar-refractivity contribution is 6.05. The number of hydrogen-bond acceptors (Lipinski definition) is 2. The molecular formula is C24H25N3O. The molecule has 5 rings (SSSR count). The van der Waals surface area contributed by atoms with Gasteiger partial charge in [0.15, 0.2) is 0 Å². The predicted octanol–water partition coefficient (Wildman–Crippen LogP) is 5.16. The molecular weight excluding hydrogens is 346 g/mol. The molecule has 2 aliphatic rings. The van der Waals surface area contributed by atoms with Crippen LogP contribution in [0, 0.1) is 5.92 Å². The van der Waals surface area contributed by atoms with Crippen LogP contribution in [0.25, 0.3) is 22.0 Å². The van der Waals surface area contributed by atoms with E-state index in [4.69, 9.17) is 0 Å². The van der Waals surface area contributed by atoms with Crippen LogP contribution in [0.15, 0.2) is 60.4 Å². The van der Waals surface area contributed by atoms with Gasteiger partial charge in [0.1, 0.15) is 0 Å². The third kappa shape index (κ3) is 2.75. The molecule has 4 heteroatoms. The Hall–Kier alpha value is -2.88. The normalized spacial score (nSPS) is 19.4. The van der Waals surface area contributed by atoms with Crippen LogP contribution >= 0.6 is 0 Å². The SMILES string of the molecule is Cn1ncc(C(=O)N2CCCC3CCCC=C32)c1-c1cccc2ccccc12. The maximum atomic E-state index is 13.6. The minimum absolute atomic E-state index is 0.0916. The minimum atomic E-state index is 0.0916. The van der Waals surface area contributed by atoms with E-state index in [1.807, 2.05) is 28.8 Å². The molecule has 1 fully saturated rings. The Morgan fingerprint density at radius 2 is 1.89 bits per heavy atom. The summed E-state index contributed by atoms with van der Waals surface area (Å²) in [7, 11) is 1.92. The van der Waals surface area contributed by atoms with Gasteiger partial charge in [-0.05, 0) is 48.8 Å². The largest absolute Gasteiger partial charge is 0.312 e. The molecule has 3 aromatic rings. The van der Waals surface area contributed by atoms with Gasteiger partial charge in [0.05, 0.1) is 17.5 Å². The Morgan fingerprint density at radius 3 is 2.82 bits per heavy atom. The first-order valence-corrected chi connectivity index (χ1v) is 10.3. The fourth-order valence-electron chi connectivity index (χ4n) is 4.89. The molecule has 0 saturated carbocycles. The number of likely N-dealkylation sites (tertiary alicyclic amines) is 1. The molecule has 1 saturated heterocycles. The third-order valence-corrected chi connectivity index (χ3v) is 6.23. The number of benzene rings is 2. The van der Waals surface area contributed by atoms with Gasteiger partial charge in [-0.1, -0.05) is 48.5 Å². The maximum Gasteiger partial charge on any atom is 0.261 e. The molecule has 1 atom stereocenters. The number of hydrogen-bond donors (Lipinski definition) is 0. The Labute approximate surface area is 165 Å². The lowest BCUT2D eigenvalue weighted by molar-refractivity contribution is 0.0749. The van der Waals surface area contributed by atoms with Crippen LogP contribution in [0.5, 0.6) is 0 Å². The highest BCUT2D eigenvalue weighted by Crippen LogP contribution is 2.37. The number of rotatable bonds is 2. The monoisotopic (exact) mass is 371 g/mol. The Kier molecular flexibility index (Phi) is 4.27. The fraction of sp³-hybridized carbons (Fsp3) is 0.333. The summed E-state index contributed by atoms with van der Waals surface area (Å²) in [4.78, 5) is 15.7. The maximum absolute atomic E-state index is 13.6. The second kappa shape index (κ2) is 6.93. The molecule has 142 valence electrons. The highest BCUT2D eigenvalue weighted by atomic mass is 16.2. The van der Waals surface area contributed by atoms with E-state index < -0.39 is 0 Å². The molecule has 2 heterocycles. The number of piperidine rings is 1. The van der Waals surface area contributed by atoms with Crippen LogP contribution in [0.1, 0.15) is 42.5 Å². The summed E-state index contributed by atoms with van der Waals surface area (Å²) in [6.07, 6.45) is 9.85. The van der Waals surface area contributed by atoms with E-state index in [0.717, 1.165) is 36.0 Å². The zero-order valence-electron chi connectivity index (χ0n) is 16.3. The summed E-state index contributed by atoms with van der Waals surface area (Å²) >= 11 is 0. The van der Waals surface area contributed by atoms with Gasteiger partial charge in [-0.25, -0.2) is 0 Å². The van der Waals surface area contributed by atoms with E-state index in [9.17, 15) is 4.79 Å². The lowest BCUT2D eigenvalue weighted by Crippen LogP contribution is -2.39. The second-order valence-corrected chi connectivity index (χ2v) is 7.91. The van der Waals surface area contributed by atoms with Crippen molar-refractivity contribution in [2.45, 2.75) is 32.1 Å². The van der Waals surface area contributed by atoms with Gasteiger partial charge in [-0.2, -0.15) is 5.10 Å². The Morgan fingerprint density at radius 1 is 1.07 bits per heavy atom. The van der Waals surface area contributed by atoms with Crippen LogP contribution in [0.3, 0.4) is 0 Å². The van der Waals surface area contributed by atoms with Crippen molar-refractivity contribution in [2.24, 2.45) is 13.0 Å². The van der Waals surface area contributed by atoms with Crippen molar-refractivity contribution in [1.29, 1.82) is 0 Å². The summed E-state index contributed by atoms with van der Waals surface area (Å²) in [6, 6.07) is 14.6. The molecule has 2 aromatic carbocycles. The van der Waals surface area contributed by atoms with Gasteiger partial charge >= 0.3 is 0 Å². The van der Waals surface area contributed by atoms with E-state index in [1.54, 1.807) is 6.20 Å². The number of carbonyl (C=O) groups excluding carboxylic acids is 1. The molecule has 1 aromatic heterocycles. The first kappa shape index (κ1) is 17.2. The highest BCUT2D eigenvalue weighted by Gasteiger charge is 2.32. The Balaban J connectivity index is 1.61. The molecule has 1 amide bonds. The number of fused-ring (bicyclic) bond motifs is 2. The fourth-order valence-corrected chi connectivity index (χ4v) is 4.89. The Bertz CT molecular complexity index is 1070. The van der Waals surface area contributed by atoms with Crippen LogP contribution in [0.2, 0.25) is 0 Å². The first-order chi connectivity index (χ1) is 13.7. The van der Waals surface area contributed by atoms with Crippen LogP contribution in [-0.2, 0) is 7.05 Å². The van der Waals surface area contributed by atoms with Gasteiger partial charge < -0.3 is 4.90 Å². The summed E-state index contributed by atoms with van der Waals surface area (Å²) in [6.45, 7) is 0.811. The zero-order valence-corrected chi connectivity index (χ0v) is 16.3. The van der Waals surface area contributed by atoms with Crippen molar-refractivity contribution in [2.75, 3.05) is 6.54 Å². The lowest BCUT2D eigenvalue weighted by atomic mass is 9.84. The van der Waals surface area contributed by atoms with Crippen LogP contribution < -0.4 is 0 Å². The minimum Gasteiger partial charge on any atom is -0.312 e. The summed E-state index contributed by atoms with van der Waals surface area (Å²) in [5.41, 5.74) is 3.91. The average Bonchev–Trinajstić information content (AvgIpc) is 3.13. The van der Waals surface area contributed by atoms with Gasteiger partial charge in [0.2, 0.25) is 0 Å². The summed E-state index contributed by atoms with van der Waals surface area (Å²) in [5, 5.41) is 6.79. The van der Waals surface area contributed by atoms with E-state index in [-0.39, 0.29) is 5.91 Å². The van der Waals surface area contributed by atoms with Gasteiger partial charge in [0.25, 0.3) is 5.91 Å². The quantitative estimate of drug-likeness (QED) is 0.624. The van der Waals surface area contributed by atoms with Crippen molar-refractivity contribution in [3.05, 3.63) is 66.0 Å². The van der Waals surface area contributed by atoms with Gasteiger partial charge in [0, 0.05) is 24.9 Å². The smallest absolute Gasteiger partial charge is 0.261 e. The molecule has 0 N–H and O–H groups in total. The topological polar surface area (TPSA) is 38.1 Å². The number of aryl methyl sites for hydroxylation is 1. The second-order valence-electron chi connectivity index (χ2n) is 7.91. The molecule has 0 spiro atoms. The number of aromatic nitrogens is 2. The predicted molar refractivity (Wildman–Crippen MR) is 112 cm³/mol. The van der Waals surface area contributed by atoms with Crippen molar-refractivity contribution >= 4 is 16.7 Å². The number of nitrogens with zero attached hydrogens (tertiary/aromatic N) is 3. The third-order valence-electron chi connectivity index (χ3n) is 6.23. The van der Waals surface area contributed by atoms with E-state index in [1.165, 1.54) is 30.3 Å². The van der Waals surface area contributed by atoms with E-state index in [2.05, 4.69) is 41.5 Å². The standard InChI is InChI=1S/C24H25N3O/c1-26-23(20-13-6-10-17-8-2-4-12-19(17)20)21(16-25-26)24(28)27-15-7-11-18-9-3-5-14-22(18)27/h2,4,6,8,10,12-14,16,18H,3,5,7,9,11,15H2,1H3. The summed E-state index contributed by atoms with van der Waals surface area (Å²) in [5.74, 6) is 0.637. The molecule has 0 radical (unpaired) electrons. The van der Waals surface area contributed by atoms with Gasteiger partial charge in [-0.3, -0.25) is 9.48 Å². The molecule has 1 aliphatic carbocycles. The van der Waals surface area contributed by atoms with Crippen molar-refractivity contribution < 1.29 is 4.79 Å². The molecule has 28 heavy (non-hydrogen) atoms. The van der Waals surface area contributed by atoms with E-state index in [0.29, 0.717) is 11.5 Å². The number of amides is 1. The zero-order chi connectivity index (χ0) is 19.1. The van der Waals surface area contributed by atoms with Crippen molar-refractivity contribution in [3.8, 4) is 11.3 Å². The van der Waals surface area contributed by atoms with E-state index >= 15 is 0 Å². The summed E-state index contributed by atoms with van der Waals surface area (Å²) < 4.78 is 1.84. The number of carbonyl (C=O) groups is 1. The molecule has 1 unspecified atom stereocenters. The molecule has 4 nitrogen and oxygen atoms in total. The lowest BCUT2D eigenvalue weighted by Gasteiger charge is -2.38. The number of allylic oxidation sites excluding steroid dienone is 2. The van der Waals surface area contributed by atoms with Crippen molar-refractivity contribution in [1.82, 2.24) is 14.7 Å². The molecule has 1 aliphatic heterocycles. The van der Waals surface area contributed by atoms with Gasteiger partial charge in [-0.15, -0.1) is 0 Å². The van der Waals surface area contributed by atoms with Crippen LogP contribution in [0.4, 0.5) is 0 Å². The molecule has 0 bridgehead atoms.